The summed E-state index contributed by atoms with van der Waals surface area (Å²) in [6.07, 6.45) is 1.79. The molecule has 0 radical (unpaired) electrons. The number of anilines is 1. The van der Waals surface area contributed by atoms with Crippen molar-refractivity contribution in [2.24, 2.45) is 0 Å². The van der Waals surface area contributed by atoms with Gasteiger partial charge in [-0.2, -0.15) is 0 Å². The van der Waals surface area contributed by atoms with E-state index < -0.39 is 0 Å². The number of nitrogens with zero attached hydrogens (tertiary/aromatic N) is 4. The van der Waals surface area contributed by atoms with Gasteiger partial charge in [-0.25, -0.2) is 9.97 Å². The summed E-state index contributed by atoms with van der Waals surface area (Å²) in [5, 5.41) is 1.70. The Morgan fingerprint density at radius 3 is 2.65 bits per heavy atom. The third-order valence-electron chi connectivity index (χ3n) is 4.23. The summed E-state index contributed by atoms with van der Waals surface area (Å²) in [6.45, 7) is 3.06. The molecule has 0 saturated carbocycles. The second-order valence-electron chi connectivity index (χ2n) is 5.93. The molecule has 1 aliphatic rings. The Labute approximate surface area is 165 Å². The van der Waals surface area contributed by atoms with Crippen LogP contribution in [0.2, 0.25) is 5.02 Å². The quantitative estimate of drug-likeness (QED) is 0.619. The summed E-state index contributed by atoms with van der Waals surface area (Å²) in [6, 6.07) is 11.5. The molecular formula is C18H17ClN4OS2. The number of halogens is 1. The number of benzene rings is 1. The molecule has 1 aliphatic heterocycles. The number of piperazine rings is 1. The van der Waals surface area contributed by atoms with Gasteiger partial charge >= 0.3 is 0 Å². The smallest absolute Gasteiger partial charge is 0.233 e. The minimum absolute atomic E-state index is 0.176. The summed E-state index contributed by atoms with van der Waals surface area (Å²) < 4.78 is 0. The number of thioether (sulfide) groups is 1. The summed E-state index contributed by atoms with van der Waals surface area (Å²) >= 11 is 9.05. The van der Waals surface area contributed by atoms with Gasteiger partial charge in [0.05, 0.1) is 5.75 Å². The van der Waals surface area contributed by atoms with Gasteiger partial charge in [0.2, 0.25) is 5.91 Å². The van der Waals surface area contributed by atoms with Crippen molar-refractivity contribution in [3.8, 4) is 0 Å². The molecule has 134 valence electrons. The lowest BCUT2D eigenvalue weighted by Crippen LogP contribution is -2.49. The first kappa shape index (κ1) is 17.6. The van der Waals surface area contributed by atoms with Crippen LogP contribution in [0.25, 0.3) is 10.3 Å². The van der Waals surface area contributed by atoms with Crippen molar-refractivity contribution >= 4 is 56.1 Å². The molecule has 0 aliphatic carbocycles. The topological polar surface area (TPSA) is 49.3 Å². The van der Waals surface area contributed by atoms with E-state index in [0.29, 0.717) is 10.8 Å². The summed E-state index contributed by atoms with van der Waals surface area (Å²) in [5.74, 6) is 0.628. The van der Waals surface area contributed by atoms with Crippen molar-refractivity contribution in [1.29, 1.82) is 0 Å². The van der Waals surface area contributed by atoms with E-state index in [2.05, 4.69) is 14.9 Å². The third kappa shape index (κ3) is 3.95. The maximum Gasteiger partial charge on any atom is 0.233 e. The zero-order chi connectivity index (χ0) is 17.9. The Kier molecular flexibility index (Phi) is 5.28. The van der Waals surface area contributed by atoms with Crippen LogP contribution in [0.1, 0.15) is 0 Å². The highest BCUT2D eigenvalue weighted by Crippen LogP contribution is 2.28. The lowest BCUT2D eigenvalue weighted by molar-refractivity contribution is -0.128. The van der Waals surface area contributed by atoms with Gasteiger partial charge < -0.3 is 9.80 Å². The van der Waals surface area contributed by atoms with E-state index in [9.17, 15) is 4.79 Å². The maximum atomic E-state index is 12.5. The molecule has 0 unspecified atom stereocenters. The Hall–Kier alpha value is -1.83. The molecule has 0 atom stereocenters. The Morgan fingerprint density at radius 1 is 1.15 bits per heavy atom. The summed E-state index contributed by atoms with van der Waals surface area (Å²) in [7, 11) is 0. The molecule has 1 fully saturated rings. The lowest BCUT2D eigenvalue weighted by atomic mass is 10.3. The Balaban J connectivity index is 1.31. The molecular weight excluding hydrogens is 388 g/mol. The number of hydrogen-bond acceptors (Lipinski definition) is 6. The number of rotatable bonds is 4. The number of carbonyl (C=O) groups is 1. The van der Waals surface area contributed by atoms with Crippen molar-refractivity contribution in [1.82, 2.24) is 14.9 Å². The van der Waals surface area contributed by atoms with Crippen molar-refractivity contribution in [3.63, 3.8) is 0 Å². The van der Waals surface area contributed by atoms with Crippen molar-refractivity contribution in [3.05, 3.63) is 47.6 Å². The molecule has 1 saturated heterocycles. The average Bonchev–Trinajstić information content (AvgIpc) is 3.12. The van der Waals surface area contributed by atoms with Crippen molar-refractivity contribution in [2.75, 3.05) is 36.8 Å². The highest BCUT2D eigenvalue weighted by Gasteiger charge is 2.23. The van der Waals surface area contributed by atoms with Gasteiger partial charge in [-0.15, -0.1) is 11.8 Å². The molecule has 4 rings (SSSR count). The van der Waals surface area contributed by atoms with Gasteiger partial charge in [-0.3, -0.25) is 4.79 Å². The molecule has 8 heteroatoms. The van der Waals surface area contributed by atoms with E-state index in [1.807, 2.05) is 41.3 Å². The standard InChI is InChI=1S/C18H17ClN4OS2/c19-13-3-5-14(6-4-13)25-12-16(24)22-8-10-23(11-9-22)18-21-15-2-1-7-20-17(15)26-18/h1-7H,8-12H2. The van der Waals surface area contributed by atoms with Crippen LogP contribution in [0.15, 0.2) is 47.5 Å². The molecule has 5 nitrogen and oxygen atoms in total. The van der Waals surface area contributed by atoms with Crippen LogP contribution in [0.3, 0.4) is 0 Å². The zero-order valence-electron chi connectivity index (χ0n) is 14.0. The van der Waals surface area contributed by atoms with Gasteiger partial charge in [-0.1, -0.05) is 22.9 Å². The largest absolute Gasteiger partial charge is 0.344 e. The van der Waals surface area contributed by atoms with Gasteiger partial charge in [0, 0.05) is 42.3 Å². The first-order valence-electron chi connectivity index (χ1n) is 8.32. The SMILES string of the molecule is O=C(CSc1ccc(Cl)cc1)N1CCN(c2nc3cccnc3s2)CC1. The molecule has 2 aromatic heterocycles. The number of fused-ring (bicyclic) bond motifs is 1. The van der Waals surface area contributed by atoms with Crippen LogP contribution >= 0.6 is 34.7 Å². The number of aromatic nitrogens is 2. The molecule has 1 amide bonds. The fourth-order valence-corrected chi connectivity index (χ4v) is 4.70. The monoisotopic (exact) mass is 404 g/mol. The van der Waals surface area contributed by atoms with Gasteiger partial charge in [0.15, 0.2) is 5.13 Å². The number of pyridine rings is 1. The van der Waals surface area contributed by atoms with Gasteiger partial charge in [-0.05, 0) is 36.4 Å². The van der Waals surface area contributed by atoms with Crippen LogP contribution in [0.5, 0.6) is 0 Å². The number of amides is 1. The summed E-state index contributed by atoms with van der Waals surface area (Å²) in [5.41, 5.74) is 0.936. The van der Waals surface area contributed by atoms with E-state index >= 15 is 0 Å². The van der Waals surface area contributed by atoms with E-state index in [0.717, 1.165) is 46.6 Å². The van der Waals surface area contributed by atoms with Crippen LogP contribution in [-0.2, 0) is 4.79 Å². The number of thiazole rings is 1. The van der Waals surface area contributed by atoms with Crippen molar-refractivity contribution in [2.45, 2.75) is 4.90 Å². The molecule has 0 spiro atoms. The number of hydrogen-bond donors (Lipinski definition) is 0. The van der Waals surface area contributed by atoms with Crippen LogP contribution in [0.4, 0.5) is 5.13 Å². The first-order chi connectivity index (χ1) is 12.7. The second kappa shape index (κ2) is 7.82. The van der Waals surface area contributed by atoms with Crippen LogP contribution < -0.4 is 4.90 Å². The molecule has 3 heterocycles. The normalized spacial score (nSPS) is 14.8. The Morgan fingerprint density at radius 2 is 1.92 bits per heavy atom. The van der Waals surface area contributed by atoms with Gasteiger partial charge in [0.25, 0.3) is 0 Å². The lowest BCUT2D eigenvalue weighted by Gasteiger charge is -2.34. The average molecular weight is 405 g/mol. The van der Waals surface area contributed by atoms with E-state index in [1.54, 1.807) is 29.3 Å². The molecule has 3 aromatic rings. The minimum Gasteiger partial charge on any atom is -0.344 e. The second-order valence-corrected chi connectivity index (χ2v) is 8.38. The van der Waals surface area contributed by atoms with Crippen LogP contribution in [-0.4, -0.2) is 52.7 Å². The van der Waals surface area contributed by atoms with E-state index in [4.69, 9.17) is 11.6 Å². The zero-order valence-corrected chi connectivity index (χ0v) is 16.4. The predicted molar refractivity (Wildman–Crippen MR) is 108 cm³/mol. The third-order valence-corrected chi connectivity index (χ3v) is 6.52. The Bertz CT molecular complexity index is 874. The molecule has 1 aromatic carbocycles. The molecule has 0 bridgehead atoms. The van der Waals surface area contributed by atoms with E-state index in [1.165, 1.54) is 0 Å². The minimum atomic E-state index is 0.176. The van der Waals surface area contributed by atoms with Crippen molar-refractivity contribution < 1.29 is 4.79 Å². The fourth-order valence-electron chi connectivity index (χ4n) is 2.81. The summed E-state index contributed by atoms with van der Waals surface area (Å²) in [4.78, 5) is 27.7. The van der Waals surface area contributed by atoms with Gasteiger partial charge in [0.1, 0.15) is 10.3 Å². The van der Waals surface area contributed by atoms with E-state index in [-0.39, 0.29) is 5.91 Å². The fraction of sp³-hybridized carbons (Fsp3) is 0.278. The molecule has 0 N–H and O–H groups in total. The first-order valence-corrected chi connectivity index (χ1v) is 10.5. The van der Waals surface area contributed by atoms with Crippen LogP contribution in [0, 0.1) is 0 Å². The maximum absolute atomic E-state index is 12.5. The highest BCUT2D eigenvalue weighted by molar-refractivity contribution is 8.00. The number of carbonyl (C=O) groups excluding carboxylic acids is 1. The highest BCUT2D eigenvalue weighted by atomic mass is 35.5. The predicted octanol–water partition coefficient (Wildman–Crippen LogP) is 3.79. The molecule has 26 heavy (non-hydrogen) atoms.